The van der Waals surface area contributed by atoms with Gasteiger partial charge in [-0.25, -0.2) is 4.79 Å². The average molecular weight is 391 g/mol. The minimum atomic E-state index is -0.596. The normalized spacial score (nSPS) is 10.5. The minimum absolute atomic E-state index is 0.0253. The Balaban J connectivity index is 2.54. The van der Waals surface area contributed by atoms with Gasteiger partial charge < -0.3 is 9.84 Å². The number of carbonyl (C=O) groups excluding carboxylic acids is 1. The van der Waals surface area contributed by atoms with Crippen LogP contribution in [0.3, 0.4) is 0 Å². The second kappa shape index (κ2) is 5.70. The van der Waals surface area contributed by atoms with Crippen molar-refractivity contribution in [2.75, 3.05) is 6.61 Å². The van der Waals surface area contributed by atoms with Gasteiger partial charge in [0, 0.05) is 10.0 Å². The van der Waals surface area contributed by atoms with Crippen LogP contribution in [-0.2, 0) is 4.74 Å². The molecular formula is C11H9Br2N3O3. The standard InChI is InChI=1S/C11H9Br2N3O3/c1-2-19-11(18)9-8(14-16-15-9)6-3-5(12)4-7(13)10(6)17/h3-4,17H,2H2,1H3,(H,14,15,16). The Labute approximate surface area is 125 Å². The van der Waals surface area contributed by atoms with E-state index in [0.29, 0.717) is 10.0 Å². The van der Waals surface area contributed by atoms with Crippen LogP contribution >= 0.6 is 31.9 Å². The Morgan fingerprint density at radius 3 is 2.84 bits per heavy atom. The SMILES string of the molecule is CCOC(=O)c1n[nH]nc1-c1cc(Br)cc(Br)c1O. The molecule has 0 bridgehead atoms. The number of hydrogen-bond donors (Lipinski definition) is 2. The third-order valence-corrected chi connectivity index (χ3v) is 3.36. The van der Waals surface area contributed by atoms with Gasteiger partial charge in [-0.05, 0) is 35.0 Å². The number of benzene rings is 1. The monoisotopic (exact) mass is 389 g/mol. The van der Waals surface area contributed by atoms with E-state index >= 15 is 0 Å². The van der Waals surface area contributed by atoms with Gasteiger partial charge >= 0.3 is 5.97 Å². The summed E-state index contributed by atoms with van der Waals surface area (Å²) < 4.78 is 6.09. The predicted molar refractivity (Wildman–Crippen MR) is 74.8 cm³/mol. The molecule has 0 aliphatic carbocycles. The molecule has 1 heterocycles. The van der Waals surface area contributed by atoms with Crippen LogP contribution in [0.15, 0.2) is 21.1 Å². The molecular weight excluding hydrogens is 382 g/mol. The number of H-pyrrole nitrogens is 1. The van der Waals surface area contributed by atoms with Gasteiger partial charge in [0.25, 0.3) is 0 Å². The fraction of sp³-hybridized carbons (Fsp3) is 0.182. The van der Waals surface area contributed by atoms with E-state index in [2.05, 4.69) is 47.3 Å². The first-order chi connectivity index (χ1) is 9.04. The molecule has 0 atom stereocenters. The lowest BCUT2D eigenvalue weighted by Crippen LogP contribution is -2.06. The average Bonchev–Trinajstić information content (AvgIpc) is 2.83. The van der Waals surface area contributed by atoms with E-state index in [1.807, 2.05) is 0 Å². The fourth-order valence-corrected chi connectivity index (χ4v) is 2.73. The van der Waals surface area contributed by atoms with E-state index in [4.69, 9.17) is 4.74 Å². The summed E-state index contributed by atoms with van der Waals surface area (Å²) in [6.07, 6.45) is 0. The fourth-order valence-electron chi connectivity index (χ4n) is 1.51. The van der Waals surface area contributed by atoms with Crippen molar-refractivity contribution in [3.63, 3.8) is 0 Å². The zero-order valence-electron chi connectivity index (χ0n) is 9.78. The van der Waals surface area contributed by atoms with Crippen LogP contribution in [0.5, 0.6) is 5.75 Å². The third-order valence-electron chi connectivity index (χ3n) is 2.30. The summed E-state index contributed by atoms with van der Waals surface area (Å²) in [7, 11) is 0. The van der Waals surface area contributed by atoms with Crippen molar-refractivity contribution in [2.45, 2.75) is 6.92 Å². The summed E-state index contributed by atoms with van der Waals surface area (Å²) in [5, 5.41) is 20.0. The number of rotatable bonds is 3. The van der Waals surface area contributed by atoms with Crippen molar-refractivity contribution in [2.24, 2.45) is 0 Å². The summed E-state index contributed by atoms with van der Waals surface area (Å²) in [5.41, 5.74) is 0.637. The largest absolute Gasteiger partial charge is 0.506 e. The van der Waals surface area contributed by atoms with Crippen molar-refractivity contribution in [1.82, 2.24) is 15.4 Å². The number of phenolic OH excluding ortho intramolecular Hbond substituents is 1. The first-order valence-electron chi connectivity index (χ1n) is 5.30. The van der Waals surface area contributed by atoms with Crippen molar-refractivity contribution in [1.29, 1.82) is 0 Å². The lowest BCUT2D eigenvalue weighted by atomic mass is 10.1. The van der Waals surface area contributed by atoms with Crippen LogP contribution < -0.4 is 0 Å². The minimum Gasteiger partial charge on any atom is -0.506 e. The van der Waals surface area contributed by atoms with E-state index in [9.17, 15) is 9.90 Å². The van der Waals surface area contributed by atoms with Crippen molar-refractivity contribution < 1.29 is 14.6 Å². The molecule has 0 unspecified atom stereocenters. The molecule has 0 amide bonds. The van der Waals surface area contributed by atoms with E-state index < -0.39 is 5.97 Å². The lowest BCUT2D eigenvalue weighted by Gasteiger charge is -2.06. The summed E-state index contributed by atoms with van der Waals surface area (Å²) in [6.45, 7) is 1.93. The number of halogens is 2. The second-order valence-electron chi connectivity index (χ2n) is 3.53. The van der Waals surface area contributed by atoms with Crippen LogP contribution in [0, 0.1) is 0 Å². The molecule has 2 aromatic rings. The number of nitrogens with one attached hydrogen (secondary N) is 1. The van der Waals surface area contributed by atoms with Gasteiger partial charge in [0.2, 0.25) is 0 Å². The molecule has 1 aromatic carbocycles. The number of phenols is 1. The molecule has 6 nitrogen and oxygen atoms in total. The number of carbonyl (C=O) groups is 1. The van der Waals surface area contributed by atoms with Gasteiger partial charge in [0.05, 0.1) is 11.1 Å². The van der Waals surface area contributed by atoms with Gasteiger partial charge in [-0.2, -0.15) is 10.3 Å². The van der Waals surface area contributed by atoms with Gasteiger partial charge in [0.15, 0.2) is 5.69 Å². The Kier molecular flexibility index (Phi) is 4.20. The first-order valence-corrected chi connectivity index (χ1v) is 6.89. The van der Waals surface area contributed by atoms with E-state index in [0.717, 1.165) is 4.47 Å². The van der Waals surface area contributed by atoms with Crippen molar-refractivity contribution in [3.05, 3.63) is 26.8 Å². The maximum Gasteiger partial charge on any atom is 0.361 e. The number of aromatic hydroxyl groups is 1. The molecule has 8 heteroatoms. The lowest BCUT2D eigenvalue weighted by molar-refractivity contribution is 0.0520. The smallest absolute Gasteiger partial charge is 0.361 e. The summed E-state index contributed by atoms with van der Waals surface area (Å²) >= 11 is 6.53. The molecule has 2 rings (SSSR count). The number of esters is 1. The van der Waals surface area contributed by atoms with E-state index in [1.54, 1.807) is 19.1 Å². The molecule has 0 saturated heterocycles. The quantitative estimate of drug-likeness (QED) is 0.786. The number of aromatic nitrogens is 3. The number of ether oxygens (including phenoxy) is 1. The third kappa shape index (κ3) is 2.79. The molecule has 1 aromatic heterocycles. The molecule has 0 aliphatic rings. The molecule has 0 saturated carbocycles. The molecule has 19 heavy (non-hydrogen) atoms. The highest BCUT2D eigenvalue weighted by Gasteiger charge is 2.22. The molecule has 0 radical (unpaired) electrons. The Morgan fingerprint density at radius 1 is 1.42 bits per heavy atom. The summed E-state index contributed by atoms with van der Waals surface area (Å²) in [6, 6.07) is 3.32. The first kappa shape index (κ1) is 14.0. The van der Waals surface area contributed by atoms with Crippen LogP contribution in [0.4, 0.5) is 0 Å². The number of aromatic amines is 1. The number of hydrogen-bond acceptors (Lipinski definition) is 5. The van der Waals surface area contributed by atoms with Crippen LogP contribution in [0.1, 0.15) is 17.4 Å². The molecule has 100 valence electrons. The topological polar surface area (TPSA) is 88.1 Å². The summed E-state index contributed by atoms with van der Waals surface area (Å²) in [5.74, 6) is -0.621. The Bertz CT molecular complexity index is 628. The number of nitrogens with zero attached hydrogens (tertiary/aromatic N) is 2. The van der Waals surface area contributed by atoms with Gasteiger partial charge in [-0.1, -0.05) is 15.9 Å². The molecule has 0 spiro atoms. The highest BCUT2D eigenvalue weighted by atomic mass is 79.9. The second-order valence-corrected chi connectivity index (χ2v) is 5.30. The van der Waals surface area contributed by atoms with Crippen LogP contribution in [-0.4, -0.2) is 33.1 Å². The van der Waals surface area contributed by atoms with E-state index in [1.165, 1.54) is 0 Å². The van der Waals surface area contributed by atoms with Gasteiger partial charge in [0.1, 0.15) is 11.4 Å². The van der Waals surface area contributed by atoms with E-state index in [-0.39, 0.29) is 23.7 Å². The molecule has 2 N–H and O–H groups in total. The highest BCUT2D eigenvalue weighted by Crippen LogP contribution is 2.38. The molecule has 0 aliphatic heterocycles. The van der Waals surface area contributed by atoms with Crippen molar-refractivity contribution in [3.8, 4) is 17.0 Å². The highest BCUT2D eigenvalue weighted by molar-refractivity contribution is 9.11. The van der Waals surface area contributed by atoms with Crippen LogP contribution in [0.2, 0.25) is 0 Å². The van der Waals surface area contributed by atoms with Crippen LogP contribution in [0.25, 0.3) is 11.3 Å². The van der Waals surface area contributed by atoms with Crippen molar-refractivity contribution >= 4 is 37.8 Å². The molecule has 0 fully saturated rings. The van der Waals surface area contributed by atoms with Gasteiger partial charge in [-0.3, -0.25) is 0 Å². The predicted octanol–water partition coefficient (Wildman–Crippen LogP) is 2.88. The maximum atomic E-state index is 11.7. The summed E-state index contributed by atoms with van der Waals surface area (Å²) in [4.78, 5) is 11.7. The zero-order chi connectivity index (χ0) is 14.0. The Hall–Kier alpha value is -1.41. The zero-order valence-corrected chi connectivity index (χ0v) is 12.9. The Morgan fingerprint density at radius 2 is 2.16 bits per heavy atom. The maximum absolute atomic E-state index is 11.7. The van der Waals surface area contributed by atoms with Gasteiger partial charge in [-0.15, -0.1) is 5.10 Å².